The molecule has 2 aromatic carbocycles. The van der Waals surface area contributed by atoms with E-state index in [1.54, 1.807) is 11.8 Å². The first-order chi connectivity index (χ1) is 13.5. The van der Waals surface area contributed by atoms with Gasteiger partial charge in [0.15, 0.2) is 0 Å². The second-order valence-corrected chi connectivity index (χ2v) is 9.56. The van der Waals surface area contributed by atoms with Gasteiger partial charge >= 0.3 is 5.97 Å². The summed E-state index contributed by atoms with van der Waals surface area (Å²) in [4.78, 5) is 10.8. The van der Waals surface area contributed by atoms with Crippen molar-refractivity contribution in [1.82, 2.24) is 0 Å². The van der Waals surface area contributed by atoms with Gasteiger partial charge in [0, 0.05) is 12.2 Å². The molecule has 144 valence electrons. The van der Waals surface area contributed by atoms with Crippen molar-refractivity contribution in [3.05, 3.63) is 71.8 Å². The van der Waals surface area contributed by atoms with Crippen LogP contribution in [0.25, 0.3) is 0 Å². The molecule has 2 rings (SSSR count). The predicted molar refractivity (Wildman–Crippen MR) is 124 cm³/mol. The molecule has 0 aliphatic carbocycles. The van der Waals surface area contributed by atoms with Crippen LogP contribution >= 0.6 is 23.5 Å². The number of aliphatic carboxylic acids is 1. The fourth-order valence-corrected chi connectivity index (χ4v) is 5.41. The lowest BCUT2D eigenvalue weighted by Crippen LogP contribution is -2.28. The highest BCUT2D eigenvalue weighted by molar-refractivity contribution is 8.03. The van der Waals surface area contributed by atoms with Crippen molar-refractivity contribution in [3.8, 4) is 0 Å². The second-order valence-electron chi connectivity index (χ2n) is 6.90. The van der Waals surface area contributed by atoms with E-state index in [2.05, 4.69) is 24.3 Å². The summed E-state index contributed by atoms with van der Waals surface area (Å²) in [6.07, 6.45) is 3.22. The van der Waals surface area contributed by atoms with Gasteiger partial charge in [-0.1, -0.05) is 67.1 Å². The van der Waals surface area contributed by atoms with Crippen LogP contribution in [-0.4, -0.2) is 37.2 Å². The van der Waals surface area contributed by atoms with E-state index < -0.39 is 10.6 Å². The number of carboxylic acid groups (broad SMARTS) is 1. The maximum Gasteiger partial charge on any atom is 0.303 e. The third kappa shape index (κ3) is 8.83. The van der Waals surface area contributed by atoms with Gasteiger partial charge in [-0.05, 0) is 45.9 Å². The van der Waals surface area contributed by atoms with E-state index >= 15 is 0 Å². The lowest BCUT2D eigenvalue weighted by atomic mass is 9.79. The van der Waals surface area contributed by atoms with E-state index in [0.29, 0.717) is 6.42 Å². The molecule has 0 saturated carbocycles. The topological polar surface area (TPSA) is 37.3 Å². The number of hydrogen-bond donors (Lipinski definition) is 1. The summed E-state index contributed by atoms with van der Waals surface area (Å²) >= 11 is 3.47. The maximum atomic E-state index is 10.8. The first-order valence-corrected chi connectivity index (χ1v) is 11.6. The third-order valence-electron chi connectivity index (χ3n) is 4.51. The monoisotopic (exact) mass is 408 g/mol. The molecule has 2 aromatic rings. The number of hydrogen-bond acceptors (Lipinski definition) is 3. The van der Waals surface area contributed by atoms with Crippen molar-refractivity contribution in [2.75, 3.05) is 5.75 Å². The van der Waals surface area contributed by atoms with Gasteiger partial charge in [-0.25, -0.2) is 0 Å². The zero-order valence-electron chi connectivity index (χ0n) is 16.1. The summed E-state index contributed by atoms with van der Waals surface area (Å²) in [5.41, 5.74) is 2.37. The predicted octanol–water partition coefficient (Wildman–Crippen LogP) is 5.42. The molecule has 0 aliphatic heterocycles. The summed E-state index contributed by atoms with van der Waals surface area (Å²) in [5.74, 6) is 1.15. The van der Waals surface area contributed by atoms with Crippen LogP contribution < -0.4 is 0 Å². The Bertz CT molecular complexity index is 700. The first kappa shape index (κ1) is 23.0. The first-order valence-electron chi connectivity index (χ1n) is 9.59. The van der Waals surface area contributed by atoms with Gasteiger partial charge < -0.3 is 5.11 Å². The van der Waals surface area contributed by atoms with E-state index in [9.17, 15) is 4.79 Å². The quantitative estimate of drug-likeness (QED) is 0.355. The molecular formula is C22H26B2O2S2. The number of rotatable bonds is 13. The maximum absolute atomic E-state index is 10.8. The second kappa shape index (κ2) is 12.3. The molecule has 0 aromatic heterocycles. The number of unbranched alkanes of at least 4 members (excludes halogenated alkanes) is 1. The SMILES string of the molecule is [B]C(SC([B])(CCCCC(=O)O)CCSCc1ccccc1)c1ccccc1. The summed E-state index contributed by atoms with van der Waals surface area (Å²) in [6, 6.07) is 20.4. The Labute approximate surface area is 180 Å². The highest BCUT2D eigenvalue weighted by atomic mass is 32.2. The Morgan fingerprint density at radius 3 is 2.29 bits per heavy atom. The molecule has 0 fully saturated rings. The molecule has 0 heterocycles. The van der Waals surface area contributed by atoms with Crippen molar-refractivity contribution in [3.63, 3.8) is 0 Å². The van der Waals surface area contributed by atoms with Crippen LogP contribution in [0.15, 0.2) is 60.7 Å². The van der Waals surface area contributed by atoms with Crippen LogP contribution in [0.1, 0.15) is 48.4 Å². The fourth-order valence-electron chi connectivity index (χ4n) is 2.92. The Balaban J connectivity index is 1.89. The van der Waals surface area contributed by atoms with Crippen LogP contribution in [0.3, 0.4) is 0 Å². The van der Waals surface area contributed by atoms with Gasteiger partial charge in [-0.15, -0.1) is 0 Å². The van der Waals surface area contributed by atoms with Crippen molar-refractivity contribution in [2.45, 2.75) is 47.7 Å². The normalized spacial score (nSPS) is 14.3. The van der Waals surface area contributed by atoms with Gasteiger partial charge in [-0.2, -0.15) is 23.5 Å². The summed E-state index contributed by atoms with van der Waals surface area (Å²) < 4.78 is -0.461. The summed E-state index contributed by atoms with van der Waals surface area (Å²) in [7, 11) is 13.2. The van der Waals surface area contributed by atoms with Gasteiger partial charge in [0.25, 0.3) is 0 Å². The van der Waals surface area contributed by atoms with Crippen LogP contribution in [-0.2, 0) is 10.5 Å². The van der Waals surface area contributed by atoms with E-state index in [0.717, 1.165) is 36.3 Å². The number of carbonyl (C=O) groups is 1. The zero-order valence-corrected chi connectivity index (χ0v) is 17.8. The minimum absolute atomic E-state index is 0.189. The zero-order chi connectivity index (χ0) is 20.2. The third-order valence-corrected chi connectivity index (χ3v) is 6.95. The van der Waals surface area contributed by atoms with E-state index in [-0.39, 0.29) is 11.6 Å². The number of thioether (sulfide) groups is 2. The molecule has 6 heteroatoms. The molecular weight excluding hydrogens is 382 g/mol. The van der Waals surface area contributed by atoms with Crippen molar-refractivity contribution >= 4 is 45.2 Å². The van der Waals surface area contributed by atoms with Gasteiger partial charge in [0.1, 0.15) is 0 Å². The highest BCUT2D eigenvalue weighted by Crippen LogP contribution is 2.41. The molecule has 0 amide bonds. The minimum Gasteiger partial charge on any atom is -0.481 e. The smallest absolute Gasteiger partial charge is 0.303 e. The summed E-state index contributed by atoms with van der Waals surface area (Å²) in [6.45, 7) is 0. The average molecular weight is 408 g/mol. The standard InChI is InChI=1S/C22H26B2O2S2/c23-21(19-11-5-2-6-12-19)28-22(24,14-8-7-13-20(25)26)15-16-27-17-18-9-3-1-4-10-18/h1-6,9-12,21H,7-8,13-17H2,(H,25,26). The van der Waals surface area contributed by atoms with E-state index in [1.165, 1.54) is 5.56 Å². The van der Waals surface area contributed by atoms with Gasteiger partial charge in [-0.3, -0.25) is 4.79 Å². The van der Waals surface area contributed by atoms with E-state index in [1.807, 2.05) is 48.2 Å². The average Bonchev–Trinajstić information content (AvgIpc) is 2.70. The van der Waals surface area contributed by atoms with Crippen LogP contribution in [0.4, 0.5) is 0 Å². The molecule has 2 atom stereocenters. The molecule has 0 spiro atoms. The number of benzene rings is 2. The fraction of sp³-hybridized carbons (Fsp3) is 0.409. The molecule has 2 nitrogen and oxygen atoms in total. The molecule has 2 unspecified atom stereocenters. The van der Waals surface area contributed by atoms with Crippen molar-refractivity contribution in [2.24, 2.45) is 0 Å². The van der Waals surface area contributed by atoms with E-state index in [4.69, 9.17) is 20.8 Å². The largest absolute Gasteiger partial charge is 0.481 e. The van der Waals surface area contributed by atoms with Crippen molar-refractivity contribution < 1.29 is 9.90 Å². The highest BCUT2D eigenvalue weighted by Gasteiger charge is 2.26. The van der Waals surface area contributed by atoms with Crippen molar-refractivity contribution in [1.29, 1.82) is 0 Å². The Morgan fingerprint density at radius 2 is 1.64 bits per heavy atom. The van der Waals surface area contributed by atoms with Gasteiger partial charge in [0.05, 0.1) is 15.7 Å². The molecule has 0 aliphatic rings. The van der Waals surface area contributed by atoms with Crippen LogP contribution in [0.2, 0.25) is 0 Å². The van der Waals surface area contributed by atoms with Crippen LogP contribution in [0.5, 0.6) is 0 Å². The summed E-state index contributed by atoms with van der Waals surface area (Å²) in [5, 5.41) is 8.67. The molecule has 28 heavy (non-hydrogen) atoms. The Hall–Kier alpha value is -1.26. The Morgan fingerprint density at radius 1 is 1.00 bits per heavy atom. The van der Waals surface area contributed by atoms with Crippen LogP contribution in [0, 0.1) is 0 Å². The Kier molecular flexibility index (Phi) is 10.1. The number of carboxylic acids is 1. The lowest BCUT2D eigenvalue weighted by molar-refractivity contribution is -0.137. The molecule has 1 N–H and O–H groups in total. The minimum atomic E-state index is -0.755. The van der Waals surface area contributed by atoms with Gasteiger partial charge in [0.2, 0.25) is 0 Å². The molecule has 0 saturated heterocycles. The molecule has 0 bridgehead atoms. The molecule has 4 radical (unpaired) electrons. The lowest BCUT2D eigenvalue weighted by Gasteiger charge is -2.33.